The number of halogens is 1. The summed E-state index contributed by atoms with van der Waals surface area (Å²) in [4.78, 5) is 27.9. The Labute approximate surface area is 148 Å². The number of carbonyl (C=O) groups excluding carboxylic acids is 2. The highest BCUT2D eigenvalue weighted by Crippen LogP contribution is 2.24. The van der Waals surface area contributed by atoms with Crippen molar-refractivity contribution in [1.29, 1.82) is 0 Å². The van der Waals surface area contributed by atoms with Crippen LogP contribution < -0.4 is 15.8 Å². The zero-order valence-electron chi connectivity index (χ0n) is 13.5. The number of aromatic nitrogens is 1. The Morgan fingerprint density at radius 3 is 2.50 bits per heavy atom. The molecule has 2 aromatic carbocycles. The number of nitrogens with zero attached hydrogens (tertiary/aromatic N) is 1. The summed E-state index contributed by atoms with van der Waals surface area (Å²) in [5, 5.41) is 2.57. The SMILES string of the molecule is NC(=O)c1cc(NC(=O)c2cccnc2Oc2ccccc2)ccc1F. The Balaban J connectivity index is 1.85. The number of pyridine rings is 1. The van der Waals surface area contributed by atoms with Gasteiger partial charge >= 0.3 is 0 Å². The summed E-state index contributed by atoms with van der Waals surface area (Å²) in [6, 6.07) is 15.6. The van der Waals surface area contributed by atoms with Crippen molar-refractivity contribution in [2.45, 2.75) is 0 Å². The Hall–Kier alpha value is -3.74. The third-order valence-corrected chi connectivity index (χ3v) is 3.46. The number of rotatable bonds is 5. The van der Waals surface area contributed by atoms with Gasteiger partial charge < -0.3 is 15.8 Å². The van der Waals surface area contributed by atoms with Gasteiger partial charge in [0.15, 0.2) is 0 Å². The summed E-state index contributed by atoms with van der Waals surface area (Å²) < 4.78 is 19.2. The molecule has 0 atom stereocenters. The van der Waals surface area contributed by atoms with Crippen LogP contribution in [0.1, 0.15) is 20.7 Å². The first-order valence-electron chi connectivity index (χ1n) is 7.63. The predicted molar refractivity (Wildman–Crippen MR) is 93.6 cm³/mol. The molecule has 0 unspecified atom stereocenters. The number of ether oxygens (including phenoxy) is 1. The minimum absolute atomic E-state index is 0.119. The smallest absolute Gasteiger partial charge is 0.261 e. The number of hydrogen-bond acceptors (Lipinski definition) is 4. The first-order valence-corrected chi connectivity index (χ1v) is 7.63. The van der Waals surface area contributed by atoms with Gasteiger partial charge in [-0.3, -0.25) is 9.59 Å². The van der Waals surface area contributed by atoms with E-state index in [9.17, 15) is 14.0 Å². The molecule has 0 spiro atoms. The third kappa shape index (κ3) is 3.84. The standard InChI is InChI=1S/C19H14FN3O3/c20-16-9-8-12(11-15(16)17(21)24)23-18(25)14-7-4-10-22-19(14)26-13-5-2-1-3-6-13/h1-11H,(H2,21,24)(H,23,25). The fraction of sp³-hybridized carbons (Fsp3) is 0. The molecule has 3 N–H and O–H groups in total. The highest BCUT2D eigenvalue weighted by Gasteiger charge is 2.16. The van der Waals surface area contributed by atoms with Gasteiger partial charge in [0.1, 0.15) is 17.1 Å². The second kappa shape index (κ2) is 7.43. The van der Waals surface area contributed by atoms with Crippen molar-refractivity contribution in [3.63, 3.8) is 0 Å². The Morgan fingerprint density at radius 2 is 1.77 bits per heavy atom. The van der Waals surface area contributed by atoms with Gasteiger partial charge in [-0.1, -0.05) is 18.2 Å². The Kier molecular flexibility index (Phi) is 4.89. The van der Waals surface area contributed by atoms with E-state index in [1.807, 2.05) is 6.07 Å². The van der Waals surface area contributed by atoms with E-state index in [1.54, 1.807) is 36.4 Å². The number of nitrogens with one attached hydrogen (secondary N) is 1. The van der Waals surface area contributed by atoms with Crippen molar-refractivity contribution >= 4 is 17.5 Å². The van der Waals surface area contributed by atoms with Crippen LogP contribution in [0.15, 0.2) is 66.9 Å². The second-order valence-electron chi connectivity index (χ2n) is 5.28. The zero-order valence-corrected chi connectivity index (χ0v) is 13.5. The number of amides is 2. The van der Waals surface area contributed by atoms with Gasteiger partial charge in [-0.2, -0.15) is 0 Å². The molecule has 0 aliphatic rings. The Bertz CT molecular complexity index is 961. The van der Waals surface area contributed by atoms with Crippen LogP contribution in [-0.2, 0) is 0 Å². The molecule has 26 heavy (non-hydrogen) atoms. The van der Waals surface area contributed by atoms with E-state index in [4.69, 9.17) is 10.5 Å². The summed E-state index contributed by atoms with van der Waals surface area (Å²) >= 11 is 0. The van der Waals surface area contributed by atoms with E-state index in [2.05, 4.69) is 10.3 Å². The summed E-state index contributed by atoms with van der Waals surface area (Å²) in [5.74, 6) is -1.56. The fourth-order valence-electron chi connectivity index (χ4n) is 2.24. The van der Waals surface area contributed by atoms with E-state index in [0.29, 0.717) is 5.75 Å². The van der Waals surface area contributed by atoms with Crippen LogP contribution in [0, 0.1) is 5.82 Å². The van der Waals surface area contributed by atoms with Crippen LogP contribution in [0.5, 0.6) is 11.6 Å². The number of para-hydroxylation sites is 1. The van der Waals surface area contributed by atoms with Crippen LogP contribution in [-0.4, -0.2) is 16.8 Å². The van der Waals surface area contributed by atoms with Gasteiger partial charge in [-0.25, -0.2) is 9.37 Å². The number of primary amides is 1. The number of hydrogen-bond donors (Lipinski definition) is 2. The Morgan fingerprint density at radius 1 is 1.00 bits per heavy atom. The molecule has 0 saturated carbocycles. The summed E-state index contributed by atoms with van der Waals surface area (Å²) in [5.41, 5.74) is 5.21. The lowest BCUT2D eigenvalue weighted by molar-refractivity contribution is 0.0992. The topological polar surface area (TPSA) is 94.3 Å². The molecular weight excluding hydrogens is 337 g/mol. The fourth-order valence-corrected chi connectivity index (χ4v) is 2.24. The van der Waals surface area contributed by atoms with Crippen molar-refractivity contribution in [2.75, 3.05) is 5.32 Å². The molecule has 0 fully saturated rings. The highest BCUT2D eigenvalue weighted by molar-refractivity contribution is 6.06. The quantitative estimate of drug-likeness (QED) is 0.737. The largest absolute Gasteiger partial charge is 0.438 e. The number of carbonyl (C=O) groups is 2. The maximum atomic E-state index is 13.5. The van der Waals surface area contributed by atoms with Crippen LogP contribution in [0.25, 0.3) is 0 Å². The average Bonchev–Trinajstić information content (AvgIpc) is 2.64. The van der Waals surface area contributed by atoms with E-state index >= 15 is 0 Å². The van der Waals surface area contributed by atoms with Crippen molar-refractivity contribution in [3.8, 4) is 11.6 Å². The lowest BCUT2D eigenvalue weighted by Crippen LogP contribution is -2.16. The molecule has 1 aromatic heterocycles. The summed E-state index contributed by atoms with van der Waals surface area (Å²) in [7, 11) is 0. The third-order valence-electron chi connectivity index (χ3n) is 3.46. The van der Waals surface area contributed by atoms with E-state index in [1.165, 1.54) is 18.3 Å². The molecule has 0 radical (unpaired) electrons. The van der Waals surface area contributed by atoms with Crippen LogP contribution >= 0.6 is 0 Å². The molecule has 3 rings (SSSR count). The molecule has 0 aliphatic carbocycles. The lowest BCUT2D eigenvalue weighted by atomic mass is 10.1. The molecule has 3 aromatic rings. The summed E-state index contributed by atoms with van der Waals surface area (Å²) in [6.07, 6.45) is 1.50. The van der Waals surface area contributed by atoms with E-state index in [0.717, 1.165) is 6.07 Å². The molecule has 0 aliphatic heterocycles. The average molecular weight is 351 g/mol. The molecular formula is C19H14FN3O3. The number of benzene rings is 2. The van der Waals surface area contributed by atoms with Crippen LogP contribution in [0.3, 0.4) is 0 Å². The predicted octanol–water partition coefficient (Wildman–Crippen LogP) is 3.36. The van der Waals surface area contributed by atoms with Crippen molar-refractivity contribution < 1.29 is 18.7 Å². The molecule has 2 amide bonds. The van der Waals surface area contributed by atoms with Gasteiger partial charge in [0.05, 0.1) is 5.56 Å². The van der Waals surface area contributed by atoms with E-state index < -0.39 is 17.6 Å². The first kappa shape index (κ1) is 17.1. The van der Waals surface area contributed by atoms with Gasteiger partial charge in [0.2, 0.25) is 5.88 Å². The lowest BCUT2D eigenvalue weighted by Gasteiger charge is -2.11. The molecule has 6 nitrogen and oxygen atoms in total. The van der Waals surface area contributed by atoms with Gasteiger partial charge in [0.25, 0.3) is 11.8 Å². The van der Waals surface area contributed by atoms with Crippen molar-refractivity contribution in [2.24, 2.45) is 5.73 Å². The number of anilines is 1. The molecule has 1 heterocycles. The van der Waals surface area contributed by atoms with Gasteiger partial charge in [0, 0.05) is 11.9 Å². The summed E-state index contributed by atoms with van der Waals surface area (Å²) in [6.45, 7) is 0. The highest BCUT2D eigenvalue weighted by atomic mass is 19.1. The minimum atomic E-state index is -0.923. The van der Waals surface area contributed by atoms with Crippen molar-refractivity contribution in [3.05, 3.63) is 83.8 Å². The monoisotopic (exact) mass is 351 g/mol. The van der Waals surface area contributed by atoms with Crippen LogP contribution in [0.4, 0.5) is 10.1 Å². The maximum Gasteiger partial charge on any atom is 0.261 e. The maximum absolute atomic E-state index is 13.5. The normalized spacial score (nSPS) is 10.2. The second-order valence-corrected chi connectivity index (χ2v) is 5.28. The van der Waals surface area contributed by atoms with Crippen molar-refractivity contribution in [1.82, 2.24) is 4.98 Å². The molecule has 7 heteroatoms. The number of nitrogens with two attached hydrogens (primary N) is 1. The van der Waals surface area contributed by atoms with E-state index in [-0.39, 0.29) is 22.7 Å². The molecule has 130 valence electrons. The first-order chi connectivity index (χ1) is 12.5. The molecule has 0 bridgehead atoms. The minimum Gasteiger partial charge on any atom is -0.438 e. The molecule has 0 saturated heterocycles. The van der Waals surface area contributed by atoms with Gasteiger partial charge in [-0.05, 0) is 42.5 Å². The van der Waals surface area contributed by atoms with Crippen LogP contribution in [0.2, 0.25) is 0 Å². The van der Waals surface area contributed by atoms with Gasteiger partial charge in [-0.15, -0.1) is 0 Å². The zero-order chi connectivity index (χ0) is 18.5.